The van der Waals surface area contributed by atoms with Crippen LogP contribution in [0.5, 0.6) is 0 Å². The van der Waals surface area contributed by atoms with Gasteiger partial charge >= 0.3 is 0 Å². The van der Waals surface area contributed by atoms with Crippen molar-refractivity contribution in [3.8, 4) is 0 Å². The topological polar surface area (TPSA) is 25.2 Å². The van der Waals surface area contributed by atoms with E-state index < -0.39 is 0 Å². The van der Waals surface area contributed by atoms with E-state index in [1.807, 2.05) is 50.2 Å². The molecule has 102 valence electrons. The summed E-state index contributed by atoms with van der Waals surface area (Å²) in [5, 5.41) is 4.34. The zero-order valence-electron chi connectivity index (χ0n) is 11.5. The molecular formula is C17H16FNO. The van der Waals surface area contributed by atoms with E-state index in [1.54, 1.807) is 0 Å². The predicted octanol–water partition coefficient (Wildman–Crippen LogP) is 5.05. The van der Waals surface area contributed by atoms with E-state index in [0.29, 0.717) is 0 Å². The van der Waals surface area contributed by atoms with Crippen LogP contribution in [0.3, 0.4) is 0 Å². The summed E-state index contributed by atoms with van der Waals surface area (Å²) in [5.41, 5.74) is 2.52. The second-order valence-corrected chi connectivity index (χ2v) is 5.07. The third kappa shape index (κ3) is 2.52. The summed E-state index contributed by atoms with van der Waals surface area (Å²) >= 11 is 0. The molecule has 2 aromatic carbocycles. The number of benzene rings is 2. The van der Waals surface area contributed by atoms with Crippen LogP contribution in [0.25, 0.3) is 11.0 Å². The maximum absolute atomic E-state index is 13.4. The Hall–Kier alpha value is -2.29. The molecule has 0 fully saturated rings. The van der Waals surface area contributed by atoms with Gasteiger partial charge in [-0.05, 0) is 49.7 Å². The summed E-state index contributed by atoms with van der Waals surface area (Å²) in [6.45, 7) is 3.87. The van der Waals surface area contributed by atoms with Crippen molar-refractivity contribution in [1.29, 1.82) is 0 Å². The minimum absolute atomic E-state index is 0.0244. The molecule has 1 N–H and O–H groups in total. The number of fused-ring (bicyclic) bond motifs is 1. The molecule has 0 aliphatic carbocycles. The van der Waals surface area contributed by atoms with E-state index in [1.165, 1.54) is 12.1 Å². The number of hydrogen-bond donors (Lipinski definition) is 1. The highest BCUT2D eigenvalue weighted by Crippen LogP contribution is 2.26. The number of anilines is 1. The van der Waals surface area contributed by atoms with Gasteiger partial charge < -0.3 is 9.73 Å². The molecule has 1 unspecified atom stereocenters. The van der Waals surface area contributed by atoms with Gasteiger partial charge in [-0.25, -0.2) is 4.39 Å². The number of aryl methyl sites for hydroxylation is 1. The van der Waals surface area contributed by atoms with Crippen molar-refractivity contribution < 1.29 is 8.81 Å². The highest BCUT2D eigenvalue weighted by molar-refractivity contribution is 5.77. The number of rotatable bonds is 3. The molecule has 2 nitrogen and oxygen atoms in total. The zero-order chi connectivity index (χ0) is 14.1. The van der Waals surface area contributed by atoms with Crippen LogP contribution in [0.4, 0.5) is 10.1 Å². The lowest BCUT2D eigenvalue weighted by atomic mass is 10.1. The fourth-order valence-corrected chi connectivity index (χ4v) is 2.36. The van der Waals surface area contributed by atoms with Crippen molar-refractivity contribution in [3.05, 3.63) is 65.7 Å². The smallest absolute Gasteiger partial charge is 0.134 e. The van der Waals surface area contributed by atoms with Crippen LogP contribution in [-0.2, 0) is 0 Å². The Labute approximate surface area is 117 Å². The first-order valence-electron chi connectivity index (χ1n) is 6.64. The van der Waals surface area contributed by atoms with Crippen molar-refractivity contribution in [3.63, 3.8) is 0 Å². The van der Waals surface area contributed by atoms with Crippen LogP contribution in [0.15, 0.2) is 52.9 Å². The van der Waals surface area contributed by atoms with Crippen molar-refractivity contribution >= 4 is 16.7 Å². The van der Waals surface area contributed by atoms with E-state index in [-0.39, 0.29) is 11.9 Å². The number of halogens is 1. The van der Waals surface area contributed by atoms with Gasteiger partial charge in [-0.2, -0.15) is 0 Å². The number of para-hydroxylation sites is 1. The zero-order valence-corrected chi connectivity index (χ0v) is 11.5. The van der Waals surface area contributed by atoms with Gasteiger partial charge in [-0.15, -0.1) is 0 Å². The average Bonchev–Trinajstić information content (AvgIpc) is 2.81. The monoisotopic (exact) mass is 269 g/mol. The first kappa shape index (κ1) is 12.7. The molecule has 0 saturated carbocycles. The van der Waals surface area contributed by atoms with Gasteiger partial charge in [0.2, 0.25) is 0 Å². The number of furan rings is 1. The lowest BCUT2D eigenvalue weighted by Gasteiger charge is -2.13. The van der Waals surface area contributed by atoms with Gasteiger partial charge in [0.1, 0.15) is 17.2 Å². The van der Waals surface area contributed by atoms with E-state index in [4.69, 9.17) is 4.42 Å². The molecule has 1 aromatic heterocycles. The standard InChI is InChI=1S/C17H16FNO/c1-11-7-14(18)10-15(8-11)19-12(2)17-9-13-5-3-4-6-16(13)20-17/h3-10,12,19H,1-2H3. The Morgan fingerprint density at radius 2 is 1.90 bits per heavy atom. The summed E-state index contributed by atoms with van der Waals surface area (Å²) in [6, 6.07) is 14.8. The van der Waals surface area contributed by atoms with Crippen LogP contribution in [0.1, 0.15) is 24.3 Å². The molecule has 3 aromatic rings. The third-order valence-electron chi connectivity index (χ3n) is 3.30. The normalized spacial score (nSPS) is 12.6. The minimum Gasteiger partial charge on any atom is -0.459 e. The van der Waals surface area contributed by atoms with Crippen LogP contribution < -0.4 is 5.32 Å². The maximum atomic E-state index is 13.4. The second-order valence-electron chi connectivity index (χ2n) is 5.07. The summed E-state index contributed by atoms with van der Waals surface area (Å²) < 4.78 is 19.2. The lowest BCUT2D eigenvalue weighted by Crippen LogP contribution is -2.05. The van der Waals surface area contributed by atoms with Gasteiger partial charge in [-0.1, -0.05) is 18.2 Å². The van der Waals surface area contributed by atoms with E-state index in [0.717, 1.165) is 28.0 Å². The molecule has 3 rings (SSSR count). The van der Waals surface area contributed by atoms with E-state index in [2.05, 4.69) is 5.32 Å². The highest BCUT2D eigenvalue weighted by atomic mass is 19.1. The summed E-state index contributed by atoms with van der Waals surface area (Å²) in [6.07, 6.45) is 0. The summed E-state index contributed by atoms with van der Waals surface area (Å²) in [5.74, 6) is 0.609. The molecule has 0 aliphatic rings. The van der Waals surface area contributed by atoms with Crippen molar-refractivity contribution in [2.45, 2.75) is 19.9 Å². The SMILES string of the molecule is Cc1cc(F)cc(NC(C)c2cc3ccccc3o2)c1. The Kier molecular flexibility index (Phi) is 3.18. The lowest BCUT2D eigenvalue weighted by molar-refractivity contribution is 0.526. The Morgan fingerprint density at radius 3 is 2.65 bits per heavy atom. The Morgan fingerprint density at radius 1 is 1.10 bits per heavy atom. The second kappa shape index (κ2) is 5.00. The highest BCUT2D eigenvalue weighted by Gasteiger charge is 2.11. The number of nitrogens with one attached hydrogen (secondary N) is 1. The van der Waals surface area contributed by atoms with Gasteiger partial charge in [0.05, 0.1) is 6.04 Å². The summed E-state index contributed by atoms with van der Waals surface area (Å²) in [7, 11) is 0. The fraction of sp³-hybridized carbons (Fsp3) is 0.176. The Bertz CT molecular complexity index is 694. The third-order valence-corrected chi connectivity index (χ3v) is 3.30. The fourth-order valence-electron chi connectivity index (χ4n) is 2.36. The molecular weight excluding hydrogens is 253 g/mol. The van der Waals surface area contributed by atoms with Gasteiger partial charge in [0.15, 0.2) is 0 Å². The molecule has 0 bridgehead atoms. The van der Waals surface area contributed by atoms with Gasteiger partial charge in [0, 0.05) is 11.1 Å². The molecule has 1 heterocycles. The maximum Gasteiger partial charge on any atom is 0.134 e. The molecule has 0 saturated heterocycles. The van der Waals surface area contributed by atoms with Gasteiger partial charge in [-0.3, -0.25) is 0 Å². The first-order chi connectivity index (χ1) is 9.61. The molecule has 3 heteroatoms. The van der Waals surface area contributed by atoms with Crippen LogP contribution in [0, 0.1) is 12.7 Å². The van der Waals surface area contributed by atoms with Crippen LogP contribution >= 0.6 is 0 Å². The van der Waals surface area contributed by atoms with E-state index in [9.17, 15) is 4.39 Å². The molecule has 0 spiro atoms. The van der Waals surface area contributed by atoms with Crippen molar-refractivity contribution in [2.75, 3.05) is 5.32 Å². The predicted molar refractivity (Wildman–Crippen MR) is 79.4 cm³/mol. The molecule has 0 amide bonds. The minimum atomic E-state index is -0.232. The average molecular weight is 269 g/mol. The van der Waals surface area contributed by atoms with Crippen LogP contribution in [0.2, 0.25) is 0 Å². The van der Waals surface area contributed by atoms with Gasteiger partial charge in [0.25, 0.3) is 0 Å². The van der Waals surface area contributed by atoms with E-state index >= 15 is 0 Å². The van der Waals surface area contributed by atoms with Crippen molar-refractivity contribution in [1.82, 2.24) is 0 Å². The first-order valence-corrected chi connectivity index (χ1v) is 6.64. The molecule has 0 radical (unpaired) electrons. The largest absolute Gasteiger partial charge is 0.459 e. The molecule has 1 atom stereocenters. The van der Waals surface area contributed by atoms with Crippen molar-refractivity contribution in [2.24, 2.45) is 0 Å². The van der Waals surface area contributed by atoms with Crippen LogP contribution in [-0.4, -0.2) is 0 Å². The molecule has 0 aliphatic heterocycles. The summed E-state index contributed by atoms with van der Waals surface area (Å²) in [4.78, 5) is 0. The quantitative estimate of drug-likeness (QED) is 0.719. The molecule has 20 heavy (non-hydrogen) atoms. The number of hydrogen-bond acceptors (Lipinski definition) is 2. The Balaban J connectivity index is 1.86.